The zero-order chi connectivity index (χ0) is 15.1. The van der Waals surface area contributed by atoms with Gasteiger partial charge in [-0.15, -0.1) is 0 Å². The molecule has 2 aromatic carbocycles. The summed E-state index contributed by atoms with van der Waals surface area (Å²) in [4.78, 5) is 2.12. The second kappa shape index (κ2) is 7.55. The van der Waals surface area contributed by atoms with Gasteiger partial charge in [-0.3, -0.25) is 0 Å². The van der Waals surface area contributed by atoms with Crippen molar-refractivity contribution in [3.63, 3.8) is 0 Å². The first-order chi connectivity index (χ1) is 10.2. The van der Waals surface area contributed by atoms with E-state index >= 15 is 0 Å². The highest BCUT2D eigenvalue weighted by Gasteiger charge is 2.07. The van der Waals surface area contributed by atoms with Gasteiger partial charge in [-0.25, -0.2) is 0 Å². The summed E-state index contributed by atoms with van der Waals surface area (Å²) in [6.45, 7) is 1.94. The Morgan fingerprint density at radius 1 is 1.05 bits per heavy atom. The molecule has 21 heavy (non-hydrogen) atoms. The first kappa shape index (κ1) is 15.2. The highest BCUT2D eigenvalue weighted by Crippen LogP contribution is 2.26. The highest BCUT2D eigenvalue weighted by atomic mass is 16.5. The molecule has 112 valence electrons. The number of likely N-dealkylation sites (N-methyl/N-ethyl adjacent to an activating group) is 1. The minimum atomic E-state index is 0.552. The third kappa shape index (κ3) is 4.13. The van der Waals surface area contributed by atoms with Crippen molar-refractivity contribution >= 4 is 5.69 Å². The number of nitrogens with zero attached hydrogens (tertiary/aromatic N) is 1. The number of para-hydroxylation sites is 2. The Labute approximate surface area is 126 Å². The van der Waals surface area contributed by atoms with Crippen molar-refractivity contribution in [2.75, 3.05) is 32.2 Å². The lowest BCUT2D eigenvalue weighted by molar-refractivity contribution is 0.325. The molecule has 0 bridgehead atoms. The average molecular weight is 286 g/mol. The lowest BCUT2D eigenvalue weighted by Gasteiger charge is -2.21. The van der Waals surface area contributed by atoms with Crippen LogP contribution in [0.3, 0.4) is 0 Å². The zero-order valence-corrected chi connectivity index (χ0v) is 12.6. The maximum Gasteiger partial charge on any atom is 0.142 e. The largest absolute Gasteiger partial charge is 0.495 e. The molecule has 2 N–H and O–H groups in total. The van der Waals surface area contributed by atoms with Crippen molar-refractivity contribution in [3.05, 3.63) is 54.1 Å². The first-order valence-electron chi connectivity index (χ1n) is 7.00. The van der Waals surface area contributed by atoms with Gasteiger partial charge in [-0.1, -0.05) is 24.3 Å². The summed E-state index contributed by atoms with van der Waals surface area (Å²) >= 11 is 0. The third-order valence-corrected chi connectivity index (χ3v) is 3.35. The Hall–Kier alpha value is -2.20. The fourth-order valence-electron chi connectivity index (χ4n) is 2.09. The van der Waals surface area contributed by atoms with E-state index in [0.29, 0.717) is 13.2 Å². The van der Waals surface area contributed by atoms with E-state index in [0.717, 1.165) is 29.3 Å². The number of methoxy groups -OCH3 is 1. The van der Waals surface area contributed by atoms with Crippen LogP contribution in [0, 0.1) is 0 Å². The fraction of sp³-hybridized carbons (Fsp3) is 0.294. The number of nitrogens with two attached hydrogens (primary N) is 1. The van der Waals surface area contributed by atoms with Gasteiger partial charge >= 0.3 is 0 Å². The van der Waals surface area contributed by atoms with E-state index < -0.39 is 0 Å². The molecule has 0 heterocycles. The van der Waals surface area contributed by atoms with E-state index in [2.05, 4.69) is 4.90 Å². The van der Waals surface area contributed by atoms with Crippen molar-refractivity contribution in [2.45, 2.75) is 6.54 Å². The van der Waals surface area contributed by atoms with Crippen LogP contribution in [0.25, 0.3) is 0 Å². The molecule has 0 saturated heterocycles. The summed E-state index contributed by atoms with van der Waals surface area (Å²) in [5.74, 6) is 1.73. The van der Waals surface area contributed by atoms with E-state index in [9.17, 15) is 0 Å². The molecule has 2 aromatic rings. The topological polar surface area (TPSA) is 47.7 Å². The van der Waals surface area contributed by atoms with Gasteiger partial charge in [0.1, 0.15) is 18.1 Å². The van der Waals surface area contributed by atoms with Gasteiger partial charge in [0.25, 0.3) is 0 Å². The molecular formula is C17H22N2O2. The van der Waals surface area contributed by atoms with Gasteiger partial charge in [0.2, 0.25) is 0 Å². The summed E-state index contributed by atoms with van der Waals surface area (Å²) in [6.07, 6.45) is 0. The quantitative estimate of drug-likeness (QED) is 0.850. The van der Waals surface area contributed by atoms with E-state index in [-0.39, 0.29) is 0 Å². The Balaban J connectivity index is 1.87. The predicted octanol–water partition coefficient (Wildman–Crippen LogP) is 2.67. The lowest BCUT2D eigenvalue weighted by Crippen LogP contribution is -2.24. The third-order valence-electron chi connectivity index (χ3n) is 3.35. The highest BCUT2D eigenvalue weighted by molar-refractivity contribution is 5.57. The molecule has 4 nitrogen and oxygen atoms in total. The molecule has 2 rings (SSSR count). The number of rotatable bonds is 7. The van der Waals surface area contributed by atoms with Crippen LogP contribution in [0.15, 0.2) is 48.5 Å². The molecule has 0 radical (unpaired) electrons. The first-order valence-corrected chi connectivity index (χ1v) is 7.00. The molecule has 0 spiro atoms. The lowest BCUT2D eigenvalue weighted by atomic mass is 10.2. The van der Waals surface area contributed by atoms with Crippen LogP contribution in [0.2, 0.25) is 0 Å². The van der Waals surface area contributed by atoms with Crippen LogP contribution in [0.1, 0.15) is 5.56 Å². The van der Waals surface area contributed by atoms with E-state index in [1.165, 1.54) is 0 Å². The number of hydrogen-bond donors (Lipinski definition) is 1. The van der Waals surface area contributed by atoms with Gasteiger partial charge in [0, 0.05) is 13.6 Å². The van der Waals surface area contributed by atoms with Crippen LogP contribution in [0.5, 0.6) is 11.5 Å². The second-order valence-electron chi connectivity index (χ2n) is 4.79. The predicted molar refractivity (Wildman–Crippen MR) is 86.1 cm³/mol. The smallest absolute Gasteiger partial charge is 0.142 e. The molecule has 0 saturated carbocycles. The Morgan fingerprint density at radius 3 is 2.43 bits per heavy atom. The Kier molecular flexibility index (Phi) is 5.46. The molecule has 0 aliphatic rings. The molecule has 0 unspecified atom stereocenters. The molecule has 0 aliphatic carbocycles. The number of benzene rings is 2. The number of ether oxygens (including phenoxy) is 2. The molecule has 0 amide bonds. The standard InChI is InChI=1S/C17H22N2O2/c1-19(16-5-3-4-6-17(16)20-2)11-12-21-15-9-7-14(13-18)8-10-15/h3-10H,11-13,18H2,1-2H3. The number of hydrogen-bond acceptors (Lipinski definition) is 4. The van der Waals surface area contributed by atoms with E-state index in [1.54, 1.807) is 7.11 Å². The fourth-order valence-corrected chi connectivity index (χ4v) is 2.09. The minimum absolute atomic E-state index is 0.552. The van der Waals surface area contributed by atoms with Gasteiger partial charge < -0.3 is 20.1 Å². The maximum absolute atomic E-state index is 5.75. The van der Waals surface area contributed by atoms with Crippen molar-refractivity contribution in [2.24, 2.45) is 5.73 Å². The van der Waals surface area contributed by atoms with Gasteiger partial charge in [0.15, 0.2) is 0 Å². The van der Waals surface area contributed by atoms with Crippen LogP contribution in [-0.2, 0) is 6.54 Å². The zero-order valence-electron chi connectivity index (χ0n) is 12.6. The van der Waals surface area contributed by atoms with E-state index in [1.807, 2.05) is 55.6 Å². The molecule has 0 aliphatic heterocycles. The summed E-state index contributed by atoms with van der Waals surface area (Å²) in [5, 5.41) is 0. The van der Waals surface area contributed by atoms with Gasteiger partial charge in [-0.2, -0.15) is 0 Å². The monoisotopic (exact) mass is 286 g/mol. The van der Waals surface area contributed by atoms with Gasteiger partial charge in [-0.05, 0) is 29.8 Å². The normalized spacial score (nSPS) is 10.2. The van der Waals surface area contributed by atoms with Crippen molar-refractivity contribution in [1.29, 1.82) is 0 Å². The molecule has 0 aromatic heterocycles. The second-order valence-corrected chi connectivity index (χ2v) is 4.79. The molecule has 0 fully saturated rings. The minimum Gasteiger partial charge on any atom is -0.495 e. The summed E-state index contributed by atoms with van der Waals surface area (Å²) < 4.78 is 11.1. The van der Waals surface area contributed by atoms with Gasteiger partial charge in [0.05, 0.1) is 19.3 Å². The molecule has 0 atom stereocenters. The van der Waals surface area contributed by atoms with Crippen LogP contribution in [0.4, 0.5) is 5.69 Å². The van der Waals surface area contributed by atoms with Crippen LogP contribution >= 0.6 is 0 Å². The summed E-state index contributed by atoms with van der Waals surface area (Å²) in [7, 11) is 3.71. The number of anilines is 1. The van der Waals surface area contributed by atoms with E-state index in [4.69, 9.17) is 15.2 Å². The molecular weight excluding hydrogens is 264 g/mol. The van der Waals surface area contributed by atoms with Crippen molar-refractivity contribution < 1.29 is 9.47 Å². The SMILES string of the molecule is COc1ccccc1N(C)CCOc1ccc(CN)cc1. The van der Waals surface area contributed by atoms with Crippen LogP contribution < -0.4 is 20.1 Å². The Bertz CT molecular complexity index is 555. The van der Waals surface area contributed by atoms with Crippen LogP contribution in [-0.4, -0.2) is 27.3 Å². The van der Waals surface area contributed by atoms with Crippen molar-refractivity contribution in [1.82, 2.24) is 0 Å². The average Bonchev–Trinajstić information content (AvgIpc) is 2.55. The van der Waals surface area contributed by atoms with Crippen molar-refractivity contribution in [3.8, 4) is 11.5 Å². The maximum atomic E-state index is 5.75. The Morgan fingerprint density at radius 2 is 1.76 bits per heavy atom. The molecule has 4 heteroatoms. The summed E-state index contributed by atoms with van der Waals surface area (Å²) in [6, 6.07) is 15.8. The summed E-state index contributed by atoms with van der Waals surface area (Å²) in [5.41, 5.74) is 7.73.